The first-order chi connectivity index (χ1) is 11.5. The van der Waals surface area contributed by atoms with Crippen LogP contribution in [-0.2, 0) is 16.0 Å². The molecule has 0 aromatic heterocycles. The van der Waals surface area contributed by atoms with Gasteiger partial charge in [-0.1, -0.05) is 25.5 Å². The summed E-state index contributed by atoms with van der Waals surface area (Å²) in [6.07, 6.45) is 1.88. The molecule has 0 bridgehead atoms. The lowest BCUT2D eigenvalue weighted by Gasteiger charge is -2.32. The molecule has 3 N–H and O–H groups in total. The number of carbonyl (C=O) groups excluding carboxylic acids is 2. The molecule has 1 aromatic rings. The van der Waals surface area contributed by atoms with Crippen LogP contribution in [0.1, 0.15) is 25.3 Å². The van der Waals surface area contributed by atoms with E-state index in [1.165, 1.54) is 0 Å². The van der Waals surface area contributed by atoms with Gasteiger partial charge in [-0.3, -0.25) is 9.59 Å². The highest BCUT2D eigenvalue weighted by Gasteiger charge is 2.19. The number of anilines is 1. The largest absolute Gasteiger partial charge is 0.340 e. The number of nitrogens with zero attached hydrogens (tertiary/aromatic N) is 2. The van der Waals surface area contributed by atoms with Gasteiger partial charge in [-0.05, 0) is 31.2 Å². The predicted molar refractivity (Wildman–Crippen MR) is 103 cm³/mol. The highest BCUT2D eigenvalue weighted by Crippen LogP contribution is 2.13. The van der Waals surface area contributed by atoms with E-state index in [1.807, 2.05) is 36.1 Å². The monoisotopic (exact) mass is 368 g/mol. The van der Waals surface area contributed by atoms with Crippen LogP contribution in [0.15, 0.2) is 24.3 Å². The summed E-state index contributed by atoms with van der Waals surface area (Å²) in [5.41, 5.74) is 7.42. The molecular formula is C18H29ClN4O2. The molecule has 1 atom stereocenters. The van der Waals surface area contributed by atoms with Crippen molar-refractivity contribution in [2.45, 2.75) is 32.2 Å². The Morgan fingerprint density at radius 3 is 2.56 bits per heavy atom. The van der Waals surface area contributed by atoms with Gasteiger partial charge in [-0.25, -0.2) is 0 Å². The Balaban J connectivity index is 0.00000312. The van der Waals surface area contributed by atoms with E-state index in [0.717, 1.165) is 38.2 Å². The zero-order chi connectivity index (χ0) is 17.5. The SMILES string of the molecule is CCCC(N)C(=O)Nc1cccc(CC(=O)N2CCN(C)CC2)c1.Cl. The molecule has 1 unspecified atom stereocenters. The zero-order valence-electron chi connectivity index (χ0n) is 15.0. The molecule has 2 amide bonds. The van der Waals surface area contributed by atoms with Gasteiger partial charge >= 0.3 is 0 Å². The molecule has 1 saturated heterocycles. The standard InChI is InChI=1S/C18H28N4O2.ClH/c1-3-5-16(19)18(24)20-15-7-4-6-14(12-15)13-17(23)22-10-8-21(2)9-11-22;/h4,6-7,12,16H,3,5,8-11,13,19H2,1-2H3,(H,20,24);1H. The second-order valence-corrected chi connectivity index (χ2v) is 6.45. The lowest BCUT2D eigenvalue weighted by Crippen LogP contribution is -2.47. The van der Waals surface area contributed by atoms with Crippen LogP contribution in [0.25, 0.3) is 0 Å². The summed E-state index contributed by atoms with van der Waals surface area (Å²) in [5.74, 6) is -0.0475. The topological polar surface area (TPSA) is 78.7 Å². The second kappa shape index (κ2) is 10.4. The number of hydrogen-bond acceptors (Lipinski definition) is 4. The van der Waals surface area contributed by atoms with Crippen LogP contribution in [-0.4, -0.2) is 60.9 Å². The molecule has 1 aliphatic heterocycles. The number of halogens is 1. The second-order valence-electron chi connectivity index (χ2n) is 6.45. The number of rotatable bonds is 6. The quantitative estimate of drug-likeness (QED) is 0.797. The van der Waals surface area contributed by atoms with E-state index in [-0.39, 0.29) is 24.2 Å². The Labute approximate surface area is 156 Å². The highest BCUT2D eigenvalue weighted by atomic mass is 35.5. The fourth-order valence-electron chi connectivity index (χ4n) is 2.78. The van der Waals surface area contributed by atoms with Gasteiger partial charge in [0.15, 0.2) is 0 Å². The summed E-state index contributed by atoms with van der Waals surface area (Å²) in [5, 5.41) is 2.83. The molecule has 1 aliphatic rings. The Morgan fingerprint density at radius 2 is 1.92 bits per heavy atom. The van der Waals surface area contributed by atoms with Crippen molar-refractivity contribution in [1.29, 1.82) is 0 Å². The Bertz CT molecular complexity index is 574. The number of nitrogens with one attached hydrogen (secondary N) is 1. The van der Waals surface area contributed by atoms with E-state index in [4.69, 9.17) is 5.73 Å². The van der Waals surface area contributed by atoms with Crippen molar-refractivity contribution in [3.63, 3.8) is 0 Å². The first kappa shape index (κ1) is 21.4. The fraction of sp³-hybridized carbons (Fsp3) is 0.556. The number of nitrogens with two attached hydrogens (primary N) is 1. The minimum Gasteiger partial charge on any atom is -0.340 e. The zero-order valence-corrected chi connectivity index (χ0v) is 15.8. The van der Waals surface area contributed by atoms with Gasteiger partial charge < -0.3 is 20.9 Å². The van der Waals surface area contributed by atoms with Crippen LogP contribution in [0.4, 0.5) is 5.69 Å². The first-order valence-electron chi connectivity index (χ1n) is 8.61. The molecule has 1 aromatic carbocycles. The van der Waals surface area contributed by atoms with E-state index in [2.05, 4.69) is 17.3 Å². The van der Waals surface area contributed by atoms with Gasteiger partial charge in [-0.2, -0.15) is 0 Å². The summed E-state index contributed by atoms with van der Waals surface area (Å²) in [6.45, 7) is 5.38. The number of likely N-dealkylation sites (N-methyl/N-ethyl adjacent to an activating group) is 1. The summed E-state index contributed by atoms with van der Waals surface area (Å²) >= 11 is 0. The minimum atomic E-state index is -0.495. The van der Waals surface area contributed by atoms with Crippen molar-refractivity contribution in [1.82, 2.24) is 9.80 Å². The lowest BCUT2D eigenvalue weighted by atomic mass is 10.1. The Hall–Kier alpha value is -1.63. The predicted octanol–water partition coefficient (Wildman–Crippen LogP) is 1.49. The Kier molecular flexibility index (Phi) is 8.89. The molecule has 25 heavy (non-hydrogen) atoms. The van der Waals surface area contributed by atoms with Crippen LogP contribution < -0.4 is 11.1 Å². The van der Waals surface area contributed by atoms with E-state index >= 15 is 0 Å². The van der Waals surface area contributed by atoms with Crippen molar-refractivity contribution in [2.24, 2.45) is 5.73 Å². The van der Waals surface area contributed by atoms with Gasteiger partial charge in [0.2, 0.25) is 11.8 Å². The third kappa shape index (κ3) is 6.65. The molecule has 6 nitrogen and oxygen atoms in total. The molecule has 2 rings (SSSR count). The molecule has 7 heteroatoms. The average Bonchev–Trinajstić information content (AvgIpc) is 2.56. The van der Waals surface area contributed by atoms with Crippen molar-refractivity contribution in [3.8, 4) is 0 Å². The number of hydrogen-bond donors (Lipinski definition) is 2. The lowest BCUT2D eigenvalue weighted by molar-refractivity contribution is -0.132. The van der Waals surface area contributed by atoms with Crippen molar-refractivity contribution in [2.75, 3.05) is 38.5 Å². The maximum atomic E-state index is 12.4. The third-order valence-electron chi connectivity index (χ3n) is 4.34. The van der Waals surface area contributed by atoms with E-state index < -0.39 is 6.04 Å². The number of amides is 2. The molecule has 140 valence electrons. The number of piperazine rings is 1. The van der Waals surface area contributed by atoms with Gasteiger partial charge in [0.25, 0.3) is 0 Å². The summed E-state index contributed by atoms with van der Waals surface area (Å²) < 4.78 is 0. The van der Waals surface area contributed by atoms with Crippen LogP contribution >= 0.6 is 12.4 Å². The van der Waals surface area contributed by atoms with Crippen LogP contribution in [0.5, 0.6) is 0 Å². The van der Waals surface area contributed by atoms with Crippen molar-refractivity contribution in [3.05, 3.63) is 29.8 Å². The third-order valence-corrected chi connectivity index (χ3v) is 4.34. The van der Waals surface area contributed by atoms with Crippen molar-refractivity contribution < 1.29 is 9.59 Å². The fourth-order valence-corrected chi connectivity index (χ4v) is 2.78. The molecule has 0 saturated carbocycles. The maximum Gasteiger partial charge on any atom is 0.241 e. The summed E-state index contributed by atoms with van der Waals surface area (Å²) in [4.78, 5) is 28.5. The van der Waals surface area contributed by atoms with Gasteiger partial charge in [-0.15, -0.1) is 12.4 Å². The molecule has 0 aliphatic carbocycles. The highest BCUT2D eigenvalue weighted by molar-refractivity contribution is 5.94. The van der Waals surface area contributed by atoms with Crippen LogP contribution in [0.2, 0.25) is 0 Å². The van der Waals surface area contributed by atoms with E-state index in [1.54, 1.807) is 0 Å². The molecule has 0 spiro atoms. The summed E-state index contributed by atoms with van der Waals surface area (Å²) in [7, 11) is 2.07. The number of benzene rings is 1. The van der Waals surface area contributed by atoms with Gasteiger partial charge in [0.1, 0.15) is 0 Å². The maximum absolute atomic E-state index is 12.4. The first-order valence-corrected chi connectivity index (χ1v) is 8.61. The smallest absolute Gasteiger partial charge is 0.241 e. The molecule has 1 heterocycles. The van der Waals surface area contributed by atoms with E-state index in [0.29, 0.717) is 18.5 Å². The van der Waals surface area contributed by atoms with Gasteiger partial charge in [0, 0.05) is 31.9 Å². The summed E-state index contributed by atoms with van der Waals surface area (Å²) in [6, 6.07) is 6.94. The molecular weight excluding hydrogens is 340 g/mol. The normalized spacial score (nSPS) is 16.0. The molecule has 1 fully saturated rings. The van der Waals surface area contributed by atoms with Crippen LogP contribution in [0.3, 0.4) is 0 Å². The van der Waals surface area contributed by atoms with Gasteiger partial charge in [0.05, 0.1) is 12.5 Å². The Morgan fingerprint density at radius 1 is 1.24 bits per heavy atom. The average molecular weight is 369 g/mol. The van der Waals surface area contributed by atoms with Crippen LogP contribution in [0, 0.1) is 0 Å². The number of carbonyl (C=O) groups is 2. The van der Waals surface area contributed by atoms with Crippen molar-refractivity contribution >= 4 is 29.9 Å². The minimum absolute atomic E-state index is 0. The molecule has 0 radical (unpaired) electrons. The van der Waals surface area contributed by atoms with E-state index in [9.17, 15) is 9.59 Å².